The topological polar surface area (TPSA) is 80.6 Å². The maximum Gasteiger partial charge on any atom is 0.242 e. The van der Waals surface area contributed by atoms with E-state index in [1.165, 1.54) is 0 Å². The van der Waals surface area contributed by atoms with Crippen molar-refractivity contribution in [2.24, 2.45) is 7.05 Å². The quantitative estimate of drug-likeness (QED) is 0.562. The van der Waals surface area contributed by atoms with Gasteiger partial charge in [0.05, 0.1) is 31.9 Å². The van der Waals surface area contributed by atoms with Gasteiger partial charge in [0.1, 0.15) is 0 Å². The lowest BCUT2D eigenvalue weighted by Gasteiger charge is -2.24. The maximum atomic E-state index is 13.0. The van der Waals surface area contributed by atoms with Gasteiger partial charge in [-0.1, -0.05) is 0 Å². The van der Waals surface area contributed by atoms with E-state index in [0.717, 1.165) is 16.7 Å². The van der Waals surface area contributed by atoms with Gasteiger partial charge in [0.25, 0.3) is 0 Å². The third-order valence-electron chi connectivity index (χ3n) is 5.18. The molecule has 9 heteroatoms. The predicted molar refractivity (Wildman–Crippen MR) is 116 cm³/mol. The van der Waals surface area contributed by atoms with Gasteiger partial charge in [0, 0.05) is 50.8 Å². The maximum absolute atomic E-state index is 13.0. The molecule has 1 saturated heterocycles. The summed E-state index contributed by atoms with van der Waals surface area (Å²) in [5.74, 6) is -0.148. The number of aryl methyl sites for hydroxylation is 1. The van der Waals surface area contributed by atoms with Crippen molar-refractivity contribution in [1.29, 1.82) is 0 Å². The summed E-state index contributed by atoms with van der Waals surface area (Å²) in [4.78, 5) is 33.3. The Morgan fingerprint density at radius 1 is 1.19 bits per heavy atom. The molecule has 0 aliphatic carbocycles. The van der Waals surface area contributed by atoms with Crippen LogP contribution in [-0.2, 0) is 40.9 Å². The molecule has 162 valence electrons. The van der Waals surface area contributed by atoms with Crippen LogP contribution in [0.15, 0.2) is 53.7 Å². The van der Waals surface area contributed by atoms with E-state index in [1.54, 1.807) is 44.4 Å². The van der Waals surface area contributed by atoms with E-state index in [-0.39, 0.29) is 30.9 Å². The Hall–Kier alpha value is -3.04. The molecule has 0 spiro atoms. The summed E-state index contributed by atoms with van der Waals surface area (Å²) < 4.78 is 7.87. The molecule has 4 rings (SSSR count). The summed E-state index contributed by atoms with van der Waals surface area (Å²) in [6.45, 7) is 1.69. The van der Waals surface area contributed by atoms with E-state index in [2.05, 4.69) is 10.1 Å². The van der Waals surface area contributed by atoms with E-state index >= 15 is 0 Å². The van der Waals surface area contributed by atoms with Crippen LogP contribution in [0.5, 0.6) is 0 Å². The molecule has 0 radical (unpaired) electrons. The molecule has 1 fully saturated rings. The van der Waals surface area contributed by atoms with Crippen LogP contribution in [-0.4, -0.2) is 62.1 Å². The van der Waals surface area contributed by atoms with Gasteiger partial charge in [-0.2, -0.15) is 16.4 Å². The normalized spacial score (nSPS) is 17.1. The Labute approximate surface area is 185 Å². The van der Waals surface area contributed by atoms with Crippen molar-refractivity contribution in [3.05, 3.63) is 70.4 Å². The second-order valence-electron chi connectivity index (χ2n) is 7.67. The van der Waals surface area contributed by atoms with Gasteiger partial charge in [0.2, 0.25) is 11.8 Å². The highest BCUT2D eigenvalue weighted by atomic mass is 32.1. The SMILES string of the molecule is Cn1cc(CN2CC(OCc3ccncc3)CN(C(=O)Cc3ccsc3)CC2=O)cn1. The Morgan fingerprint density at radius 3 is 2.74 bits per heavy atom. The molecule has 0 N–H and O–H groups in total. The van der Waals surface area contributed by atoms with E-state index in [9.17, 15) is 9.59 Å². The number of nitrogens with zero attached hydrogens (tertiary/aromatic N) is 5. The van der Waals surface area contributed by atoms with Crippen molar-refractivity contribution in [1.82, 2.24) is 24.6 Å². The number of carbonyl (C=O) groups excluding carboxylic acids is 2. The van der Waals surface area contributed by atoms with Crippen LogP contribution in [0.25, 0.3) is 0 Å². The minimum absolute atomic E-state index is 0.0539. The average Bonchev–Trinajstić information content (AvgIpc) is 3.39. The molecule has 31 heavy (non-hydrogen) atoms. The largest absolute Gasteiger partial charge is 0.370 e. The van der Waals surface area contributed by atoms with Gasteiger partial charge >= 0.3 is 0 Å². The number of aromatic nitrogens is 3. The highest BCUT2D eigenvalue weighted by Gasteiger charge is 2.31. The lowest BCUT2D eigenvalue weighted by atomic mass is 10.2. The van der Waals surface area contributed by atoms with Crippen LogP contribution in [0.2, 0.25) is 0 Å². The number of rotatable bonds is 7. The predicted octanol–water partition coefficient (Wildman–Crippen LogP) is 1.88. The first kappa shape index (κ1) is 21.2. The summed E-state index contributed by atoms with van der Waals surface area (Å²) >= 11 is 1.56. The van der Waals surface area contributed by atoms with Crippen LogP contribution >= 0.6 is 11.3 Å². The molecule has 1 atom stereocenters. The van der Waals surface area contributed by atoms with Crippen LogP contribution in [0.4, 0.5) is 0 Å². The molecule has 3 aromatic heterocycles. The van der Waals surface area contributed by atoms with Crippen molar-refractivity contribution in [3.8, 4) is 0 Å². The molecule has 2 amide bonds. The second-order valence-corrected chi connectivity index (χ2v) is 8.45. The number of hydrogen-bond donors (Lipinski definition) is 0. The van der Waals surface area contributed by atoms with Crippen molar-refractivity contribution in [3.63, 3.8) is 0 Å². The van der Waals surface area contributed by atoms with E-state index in [1.807, 2.05) is 42.2 Å². The van der Waals surface area contributed by atoms with Gasteiger partial charge in [-0.3, -0.25) is 19.3 Å². The number of thiophene rings is 1. The molecule has 0 aromatic carbocycles. The first-order valence-corrected chi connectivity index (χ1v) is 11.1. The fourth-order valence-corrected chi connectivity index (χ4v) is 4.24. The number of carbonyl (C=O) groups is 2. The lowest BCUT2D eigenvalue weighted by molar-refractivity contribution is -0.138. The first-order chi connectivity index (χ1) is 15.1. The number of hydrogen-bond acceptors (Lipinski definition) is 6. The zero-order valence-electron chi connectivity index (χ0n) is 17.4. The van der Waals surface area contributed by atoms with E-state index < -0.39 is 0 Å². The van der Waals surface area contributed by atoms with Gasteiger partial charge in [0.15, 0.2) is 0 Å². The zero-order valence-corrected chi connectivity index (χ0v) is 18.2. The Morgan fingerprint density at radius 2 is 2.03 bits per heavy atom. The Kier molecular flexibility index (Phi) is 6.73. The zero-order chi connectivity index (χ0) is 21.6. The van der Waals surface area contributed by atoms with E-state index in [4.69, 9.17) is 4.74 Å². The van der Waals surface area contributed by atoms with Crippen molar-refractivity contribution >= 4 is 23.2 Å². The van der Waals surface area contributed by atoms with Gasteiger partial charge in [-0.05, 0) is 40.1 Å². The number of ether oxygens (including phenoxy) is 1. The second kappa shape index (κ2) is 9.84. The highest BCUT2D eigenvalue weighted by Crippen LogP contribution is 2.16. The fraction of sp³-hybridized carbons (Fsp3) is 0.364. The molecule has 0 saturated carbocycles. The van der Waals surface area contributed by atoms with Crippen LogP contribution < -0.4 is 0 Å². The summed E-state index contributed by atoms with van der Waals surface area (Å²) in [5, 5.41) is 8.10. The van der Waals surface area contributed by atoms with E-state index in [0.29, 0.717) is 26.2 Å². The summed E-state index contributed by atoms with van der Waals surface area (Å²) in [6.07, 6.45) is 7.09. The van der Waals surface area contributed by atoms with Crippen LogP contribution in [0.3, 0.4) is 0 Å². The van der Waals surface area contributed by atoms with Crippen LogP contribution in [0.1, 0.15) is 16.7 Å². The fourth-order valence-electron chi connectivity index (χ4n) is 3.57. The number of amides is 2. The molecule has 1 aliphatic rings. The van der Waals surface area contributed by atoms with Gasteiger partial charge in [-0.15, -0.1) is 0 Å². The lowest BCUT2D eigenvalue weighted by Crippen LogP contribution is -2.40. The minimum Gasteiger partial charge on any atom is -0.370 e. The third-order valence-corrected chi connectivity index (χ3v) is 5.91. The highest BCUT2D eigenvalue weighted by molar-refractivity contribution is 7.08. The van der Waals surface area contributed by atoms with Gasteiger partial charge < -0.3 is 14.5 Å². The average molecular weight is 440 g/mol. The molecular formula is C22H25N5O3S. The Bertz CT molecular complexity index is 1010. The third kappa shape index (κ3) is 5.77. The summed E-state index contributed by atoms with van der Waals surface area (Å²) in [5.41, 5.74) is 2.91. The molecule has 4 heterocycles. The van der Waals surface area contributed by atoms with Crippen molar-refractivity contribution in [2.45, 2.75) is 25.7 Å². The molecular weight excluding hydrogens is 414 g/mol. The monoisotopic (exact) mass is 439 g/mol. The summed E-state index contributed by atoms with van der Waals surface area (Å²) in [7, 11) is 1.85. The van der Waals surface area contributed by atoms with Crippen molar-refractivity contribution in [2.75, 3.05) is 19.6 Å². The molecule has 3 aromatic rings. The molecule has 1 aliphatic heterocycles. The molecule has 0 bridgehead atoms. The molecule has 8 nitrogen and oxygen atoms in total. The number of pyridine rings is 1. The Balaban J connectivity index is 1.48. The summed E-state index contributed by atoms with van der Waals surface area (Å²) in [6, 6.07) is 5.73. The standard InChI is InChI=1S/C22H25N5O3S/c1-25-10-19(9-24-25)11-26-12-20(30-15-17-2-5-23-6-3-17)13-27(14-22(26)29)21(28)8-18-4-7-31-16-18/h2-7,9-10,16,20H,8,11-15H2,1H3. The smallest absolute Gasteiger partial charge is 0.242 e. The first-order valence-electron chi connectivity index (χ1n) is 10.1. The minimum atomic E-state index is -0.289. The molecule has 1 unspecified atom stereocenters. The van der Waals surface area contributed by atoms with Gasteiger partial charge in [-0.25, -0.2) is 0 Å². The van der Waals surface area contributed by atoms with Crippen molar-refractivity contribution < 1.29 is 14.3 Å². The van der Waals surface area contributed by atoms with Crippen LogP contribution in [0, 0.1) is 0 Å².